The van der Waals surface area contributed by atoms with Gasteiger partial charge in [0.25, 0.3) is 5.91 Å². The first-order valence-electron chi connectivity index (χ1n) is 11.8. The van der Waals surface area contributed by atoms with Crippen molar-refractivity contribution in [1.82, 2.24) is 20.1 Å². The number of piperidine rings is 1. The summed E-state index contributed by atoms with van der Waals surface area (Å²) in [6.07, 6.45) is 4.76. The number of nitrogens with two attached hydrogens (primary N) is 1. The van der Waals surface area contributed by atoms with E-state index < -0.39 is 11.5 Å². The van der Waals surface area contributed by atoms with Gasteiger partial charge in [-0.2, -0.15) is 4.98 Å². The maximum absolute atomic E-state index is 12.3. The van der Waals surface area contributed by atoms with Gasteiger partial charge in [-0.25, -0.2) is 4.79 Å². The molecule has 1 saturated carbocycles. The standard InChI is InChI=1S/C24H33N7O3/c1-24(2,3)34-23(33)31-13-11-16(12-14-31)15-7-9-18(10-8-15)27-22-28-21(26-17-5-4-6-17)19(20(25)32)29-30-22/h7-10,16-17H,4-6,11-14H2,1-3H3,(H2,25,32)(H2,26,27,28,30). The Labute approximate surface area is 199 Å². The van der Waals surface area contributed by atoms with Crippen molar-refractivity contribution in [2.75, 3.05) is 23.7 Å². The average molecular weight is 468 g/mol. The van der Waals surface area contributed by atoms with Gasteiger partial charge in [0.05, 0.1) is 0 Å². The fourth-order valence-electron chi connectivity index (χ4n) is 4.08. The summed E-state index contributed by atoms with van der Waals surface area (Å²) < 4.78 is 5.48. The second kappa shape index (κ2) is 9.82. The molecule has 1 saturated heterocycles. The van der Waals surface area contributed by atoms with Gasteiger partial charge < -0.3 is 26.0 Å². The highest BCUT2D eigenvalue weighted by molar-refractivity contribution is 5.95. The van der Waals surface area contributed by atoms with Gasteiger partial charge in [0.1, 0.15) is 5.60 Å². The van der Waals surface area contributed by atoms with Crippen LogP contribution in [0.2, 0.25) is 0 Å². The van der Waals surface area contributed by atoms with Crippen molar-refractivity contribution in [3.63, 3.8) is 0 Å². The van der Waals surface area contributed by atoms with Crippen LogP contribution < -0.4 is 16.4 Å². The molecule has 2 aliphatic rings. The van der Waals surface area contributed by atoms with Gasteiger partial charge in [0, 0.05) is 24.8 Å². The van der Waals surface area contributed by atoms with Gasteiger partial charge in [-0.1, -0.05) is 12.1 Å². The van der Waals surface area contributed by atoms with Crippen LogP contribution in [0.1, 0.15) is 74.8 Å². The molecule has 0 bridgehead atoms. The van der Waals surface area contributed by atoms with Gasteiger partial charge in [-0.15, -0.1) is 10.2 Å². The number of primary amides is 1. The van der Waals surface area contributed by atoms with Crippen molar-refractivity contribution in [3.05, 3.63) is 35.5 Å². The highest BCUT2D eigenvalue weighted by Crippen LogP contribution is 2.30. The lowest BCUT2D eigenvalue weighted by atomic mass is 9.89. The number of hydrogen-bond acceptors (Lipinski definition) is 8. The molecule has 0 unspecified atom stereocenters. The van der Waals surface area contributed by atoms with E-state index in [4.69, 9.17) is 10.5 Å². The zero-order valence-corrected chi connectivity index (χ0v) is 20.0. The first-order valence-corrected chi connectivity index (χ1v) is 11.8. The Balaban J connectivity index is 1.36. The Kier molecular flexibility index (Phi) is 6.85. The lowest BCUT2D eigenvalue weighted by molar-refractivity contribution is 0.0204. The number of rotatable bonds is 6. The van der Waals surface area contributed by atoms with Crippen LogP contribution in [-0.2, 0) is 4.74 Å². The van der Waals surface area contributed by atoms with Crippen molar-refractivity contribution in [3.8, 4) is 0 Å². The Morgan fingerprint density at radius 2 is 1.74 bits per heavy atom. The van der Waals surface area contributed by atoms with Gasteiger partial charge in [0.2, 0.25) is 5.95 Å². The molecule has 2 aromatic rings. The molecular formula is C24H33N7O3. The molecule has 1 aromatic carbocycles. The Bertz CT molecular complexity index is 1020. The maximum Gasteiger partial charge on any atom is 0.410 e. The van der Waals surface area contributed by atoms with Gasteiger partial charge in [-0.05, 0) is 76.5 Å². The van der Waals surface area contributed by atoms with E-state index in [2.05, 4.69) is 37.9 Å². The Morgan fingerprint density at radius 1 is 1.06 bits per heavy atom. The first-order chi connectivity index (χ1) is 16.2. The summed E-state index contributed by atoms with van der Waals surface area (Å²) in [5, 5.41) is 14.4. The van der Waals surface area contributed by atoms with Crippen LogP contribution in [0.25, 0.3) is 0 Å². The average Bonchev–Trinajstić information content (AvgIpc) is 2.76. The van der Waals surface area contributed by atoms with Crippen LogP contribution in [-0.4, -0.2) is 56.8 Å². The molecule has 4 N–H and O–H groups in total. The lowest BCUT2D eigenvalue weighted by Gasteiger charge is -2.33. The number of ether oxygens (including phenoxy) is 1. The highest BCUT2D eigenvalue weighted by Gasteiger charge is 2.27. The number of amides is 2. The van der Waals surface area contributed by atoms with E-state index in [1.165, 1.54) is 5.56 Å². The third-order valence-corrected chi connectivity index (χ3v) is 6.15. The minimum Gasteiger partial charge on any atom is -0.444 e. The molecule has 1 aliphatic heterocycles. The Morgan fingerprint density at radius 3 is 2.29 bits per heavy atom. The zero-order valence-electron chi connectivity index (χ0n) is 20.0. The van der Waals surface area contributed by atoms with E-state index in [0.717, 1.165) is 37.8 Å². The molecule has 10 heteroatoms. The summed E-state index contributed by atoms with van der Waals surface area (Å²) in [4.78, 5) is 30.2. The smallest absolute Gasteiger partial charge is 0.410 e. The minimum atomic E-state index is -0.657. The molecule has 4 rings (SSSR count). The second-order valence-electron chi connectivity index (χ2n) is 9.96. The number of likely N-dealkylation sites (tertiary alicyclic amines) is 1. The van der Waals surface area contributed by atoms with Crippen LogP contribution in [0.3, 0.4) is 0 Å². The molecule has 182 valence electrons. The van der Waals surface area contributed by atoms with Crippen molar-refractivity contribution in [2.24, 2.45) is 5.73 Å². The fourth-order valence-corrected chi connectivity index (χ4v) is 4.08. The summed E-state index contributed by atoms with van der Waals surface area (Å²) in [6.45, 7) is 7.01. The minimum absolute atomic E-state index is 0.0468. The molecule has 2 amide bonds. The van der Waals surface area contributed by atoms with Crippen LogP contribution in [0.15, 0.2) is 24.3 Å². The van der Waals surface area contributed by atoms with Crippen LogP contribution in [0.4, 0.5) is 22.2 Å². The van der Waals surface area contributed by atoms with Crippen molar-refractivity contribution in [1.29, 1.82) is 0 Å². The maximum atomic E-state index is 12.3. The van der Waals surface area contributed by atoms with E-state index in [1.807, 2.05) is 32.9 Å². The molecule has 0 spiro atoms. The summed E-state index contributed by atoms with van der Waals surface area (Å²) >= 11 is 0. The molecule has 2 heterocycles. The normalized spacial score (nSPS) is 17.1. The van der Waals surface area contributed by atoms with Crippen molar-refractivity contribution >= 4 is 29.5 Å². The van der Waals surface area contributed by atoms with E-state index in [0.29, 0.717) is 30.8 Å². The lowest BCUT2D eigenvalue weighted by Crippen LogP contribution is -2.41. The van der Waals surface area contributed by atoms with Gasteiger partial charge in [-0.3, -0.25) is 4.79 Å². The van der Waals surface area contributed by atoms with Crippen molar-refractivity contribution < 1.29 is 14.3 Å². The summed E-state index contributed by atoms with van der Waals surface area (Å²) in [5.41, 5.74) is 7.03. The third kappa shape index (κ3) is 5.92. The number of hydrogen-bond donors (Lipinski definition) is 3. The summed E-state index contributed by atoms with van der Waals surface area (Å²) in [6, 6.07) is 8.38. The highest BCUT2D eigenvalue weighted by atomic mass is 16.6. The number of carbonyl (C=O) groups excluding carboxylic acids is 2. The number of benzene rings is 1. The van der Waals surface area contributed by atoms with Gasteiger partial charge in [0.15, 0.2) is 11.5 Å². The summed E-state index contributed by atoms with van der Waals surface area (Å²) in [7, 11) is 0. The molecule has 34 heavy (non-hydrogen) atoms. The largest absolute Gasteiger partial charge is 0.444 e. The quantitative estimate of drug-likeness (QED) is 0.584. The fraction of sp³-hybridized carbons (Fsp3) is 0.542. The third-order valence-electron chi connectivity index (χ3n) is 6.15. The molecule has 1 aliphatic carbocycles. The molecule has 10 nitrogen and oxygen atoms in total. The predicted octanol–water partition coefficient (Wildman–Crippen LogP) is 3.79. The number of aromatic nitrogens is 3. The van der Waals surface area contributed by atoms with Crippen LogP contribution in [0.5, 0.6) is 0 Å². The number of nitrogens with one attached hydrogen (secondary N) is 2. The predicted molar refractivity (Wildman–Crippen MR) is 129 cm³/mol. The zero-order chi connectivity index (χ0) is 24.3. The molecule has 0 atom stereocenters. The second-order valence-corrected chi connectivity index (χ2v) is 9.96. The van der Waals surface area contributed by atoms with Crippen LogP contribution >= 0.6 is 0 Å². The van der Waals surface area contributed by atoms with E-state index >= 15 is 0 Å². The van der Waals surface area contributed by atoms with Crippen molar-refractivity contribution in [2.45, 2.75) is 70.4 Å². The SMILES string of the molecule is CC(C)(C)OC(=O)N1CCC(c2ccc(Nc3nnc(C(N)=O)c(NC4CCC4)n3)cc2)CC1. The van der Waals surface area contributed by atoms with E-state index in [-0.39, 0.29) is 17.8 Å². The first kappa shape index (κ1) is 23.7. The van der Waals surface area contributed by atoms with E-state index in [1.54, 1.807) is 4.90 Å². The number of nitrogens with zero attached hydrogens (tertiary/aromatic N) is 4. The topological polar surface area (TPSA) is 135 Å². The summed E-state index contributed by atoms with van der Waals surface area (Å²) in [5.74, 6) is 0.391. The molecular weight excluding hydrogens is 434 g/mol. The molecule has 2 fully saturated rings. The molecule has 0 radical (unpaired) electrons. The van der Waals surface area contributed by atoms with Gasteiger partial charge >= 0.3 is 6.09 Å². The Hall–Kier alpha value is -3.43. The monoisotopic (exact) mass is 467 g/mol. The molecule has 1 aromatic heterocycles. The van der Waals surface area contributed by atoms with E-state index in [9.17, 15) is 9.59 Å². The van der Waals surface area contributed by atoms with Crippen LogP contribution in [0, 0.1) is 0 Å². The number of carbonyl (C=O) groups is 2. The number of anilines is 3.